The molecular formula is C11H19NS. The fraction of sp³-hybridized carbons (Fsp3) is 0.636. The molecule has 2 atom stereocenters. The van der Waals surface area contributed by atoms with Crippen molar-refractivity contribution >= 4 is 11.3 Å². The van der Waals surface area contributed by atoms with Crippen molar-refractivity contribution in [3.05, 3.63) is 22.4 Å². The Kier molecular flexibility index (Phi) is 4.46. The Bertz CT molecular complexity index is 218. The third-order valence-electron chi connectivity index (χ3n) is 2.56. The zero-order valence-electron chi connectivity index (χ0n) is 8.71. The van der Waals surface area contributed by atoms with Crippen LogP contribution in [-0.2, 0) is 0 Å². The molecule has 2 heteroatoms. The van der Waals surface area contributed by atoms with E-state index in [9.17, 15) is 0 Å². The van der Waals surface area contributed by atoms with Gasteiger partial charge in [-0.3, -0.25) is 0 Å². The molecule has 0 amide bonds. The summed E-state index contributed by atoms with van der Waals surface area (Å²) in [6.45, 7) is 8.97. The molecule has 0 saturated heterocycles. The number of hydrogen-bond donors (Lipinski definition) is 1. The number of nitrogens with one attached hydrogen (secondary N) is 1. The third kappa shape index (κ3) is 3.12. The van der Waals surface area contributed by atoms with Gasteiger partial charge in [-0.25, -0.2) is 0 Å². The summed E-state index contributed by atoms with van der Waals surface area (Å²) < 4.78 is 0. The molecule has 13 heavy (non-hydrogen) atoms. The van der Waals surface area contributed by atoms with E-state index in [1.165, 1.54) is 4.88 Å². The molecule has 0 aliphatic heterocycles. The molecule has 1 N–H and O–H groups in total. The van der Waals surface area contributed by atoms with Gasteiger partial charge in [-0.05, 0) is 36.4 Å². The first-order chi connectivity index (χ1) is 6.25. The highest BCUT2D eigenvalue weighted by molar-refractivity contribution is 7.10. The summed E-state index contributed by atoms with van der Waals surface area (Å²) in [5.74, 6) is 1.40. The highest BCUT2D eigenvalue weighted by atomic mass is 32.1. The minimum Gasteiger partial charge on any atom is -0.317 e. The molecule has 1 heterocycles. The summed E-state index contributed by atoms with van der Waals surface area (Å²) in [5, 5.41) is 5.55. The van der Waals surface area contributed by atoms with Crippen LogP contribution >= 0.6 is 11.3 Å². The van der Waals surface area contributed by atoms with Crippen molar-refractivity contribution in [1.82, 2.24) is 5.32 Å². The molecule has 1 nitrogen and oxygen atoms in total. The first-order valence-electron chi connectivity index (χ1n) is 4.99. The fourth-order valence-corrected chi connectivity index (χ4v) is 2.30. The Morgan fingerprint density at radius 1 is 1.46 bits per heavy atom. The Balaban J connectivity index is 2.43. The van der Waals surface area contributed by atoms with Gasteiger partial charge in [0.15, 0.2) is 0 Å². The van der Waals surface area contributed by atoms with Gasteiger partial charge in [-0.1, -0.05) is 26.8 Å². The van der Waals surface area contributed by atoms with Crippen LogP contribution in [0, 0.1) is 5.92 Å². The van der Waals surface area contributed by atoms with Gasteiger partial charge in [0.25, 0.3) is 0 Å². The zero-order valence-corrected chi connectivity index (χ0v) is 9.53. The topological polar surface area (TPSA) is 12.0 Å². The van der Waals surface area contributed by atoms with Crippen molar-refractivity contribution in [3.8, 4) is 0 Å². The van der Waals surface area contributed by atoms with Gasteiger partial charge in [-0.2, -0.15) is 0 Å². The number of rotatable bonds is 5. The van der Waals surface area contributed by atoms with Crippen LogP contribution in [0.5, 0.6) is 0 Å². The quantitative estimate of drug-likeness (QED) is 0.765. The van der Waals surface area contributed by atoms with E-state index in [-0.39, 0.29) is 0 Å². The van der Waals surface area contributed by atoms with E-state index in [0.29, 0.717) is 5.92 Å². The lowest BCUT2D eigenvalue weighted by Crippen LogP contribution is -2.23. The van der Waals surface area contributed by atoms with Crippen molar-refractivity contribution in [1.29, 1.82) is 0 Å². The molecule has 0 aliphatic carbocycles. The maximum Gasteiger partial charge on any atom is 0.00765 e. The van der Waals surface area contributed by atoms with E-state index in [2.05, 4.69) is 43.6 Å². The Morgan fingerprint density at radius 2 is 2.23 bits per heavy atom. The van der Waals surface area contributed by atoms with E-state index >= 15 is 0 Å². The first-order valence-corrected chi connectivity index (χ1v) is 5.87. The van der Waals surface area contributed by atoms with Gasteiger partial charge < -0.3 is 5.32 Å². The zero-order chi connectivity index (χ0) is 9.68. The molecule has 1 aromatic heterocycles. The van der Waals surface area contributed by atoms with E-state index in [1.807, 2.05) is 11.3 Å². The van der Waals surface area contributed by atoms with Gasteiger partial charge in [0.05, 0.1) is 0 Å². The molecule has 0 bridgehead atoms. The van der Waals surface area contributed by atoms with Crippen LogP contribution in [0.15, 0.2) is 17.5 Å². The second kappa shape index (κ2) is 5.40. The molecule has 0 aliphatic rings. The van der Waals surface area contributed by atoms with E-state index in [4.69, 9.17) is 0 Å². The molecule has 0 aromatic carbocycles. The smallest absolute Gasteiger partial charge is 0.00765 e. The SMILES string of the molecule is CCNCC(C)C(C)c1cccs1. The van der Waals surface area contributed by atoms with Crippen molar-refractivity contribution < 1.29 is 0 Å². The number of hydrogen-bond acceptors (Lipinski definition) is 2. The summed E-state index contributed by atoms with van der Waals surface area (Å²) in [7, 11) is 0. The molecule has 1 rings (SSSR count). The summed E-state index contributed by atoms with van der Waals surface area (Å²) in [6.07, 6.45) is 0. The van der Waals surface area contributed by atoms with E-state index in [0.717, 1.165) is 19.0 Å². The lowest BCUT2D eigenvalue weighted by Gasteiger charge is -2.18. The van der Waals surface area contributed by atoms with Crippen molar-refractivity contribution in [2.24, 2.45) is 5.92 Å². The Morgan fingerprint density at radius 3 is 2.77 bits per heavy atom. The Hall–Kier alpha value is -0.340. The van der Waals surface area contributed by atoms with Gasteiger partial charge in [0, 0.05) is 4.88 Å². The molecule has 0 spiro atoms. The van der Waals surface area contributed by atoms with Gasteiger partial charge in [0.2, 0.25) is 0 Å². The van der Waals surface area contributed by atoms with Gasteiger partial charge >= 0.3 is 0 Å². The normalized spacial score (nSPS) is 15.6. The lowest BCUT2D eigenvalue weighted by atomic mass is 9.94. The van der Waals surface area contributed by atoms with Crippen LogP contribution in [0.4, 0.5) is 0 Å². The van der Waals surface area contributed by atoms with Gasteiger partial charge in [-0.15, -0.1) is 11.3 Å². The molecular weight excluding hydrogens is 178 g/mol. The molecule has 2 unspecified atom stereocenters. The van der Waals surface area contributed by atoms with Crippen molar-refractivity contribution in [2.45, 2.75) is 26.7 Å². The standard InChI is InChI=1S/C11H19NS/c1-4-12-8-9(2)10(3)11-6-5-7-13-11/h5-7,9-10,12H,4,8H2,1-3H3. The van der Waals surface area contributed by atoms with Crippen molar-refractivity contribution in [2.75, 3.05) is 13.1 Å². The second-order valence-electron chi connectivity index (χ2n) is 3.59. The summed E-state index contributed by atoms with van der Waals surface area (Å²) in [5.41, 5.74) is 0. The average molecular weight is 197 g/mol. The minimum absolute atomic E-state index is 0.680. The maximum atomic E-state index is 3.40. The summed E-state index contributed by atoms with van der Waals surface area (Å²) >= 11 is 1.87. The Labute approximate surface area is 85.2 Å². The largest absolute Gasteiger partial charge is 0.317 e. The highest BCUT2D eigenvalue weighted by Gasteiger charge is 2.14. The van der Waals surface area contributed by atoms with Crippen molar-refractivity contribution in [3.63, 3.8) is 0 Å². The number of thiophene rings is 1. The monoisotopic (exact) mass is 197 g/mol. The van der Waals surface area contributed by atoms with Crippen LogP contribution < -0.4 is 5.32 Å². The maximum absolute atomic E-state index is 3.40. The van der Waals surface area contributed by atoms with Gasteiger partial charge in [0.1, 0.15) is 0 Å². The summed E-state index contributed by atoms with van der Waals surface area (Å²) in [4.78, 5) is 1.51. The van der Waals surface area contributed by atoms with Crippen LogP contribution in [-0.4, -0.2) is 13.1 Å². The molecule has 74 valence electrons. The fourth-order valence-electron chi connectivity index (χ4n) is 1.38. The second-order valence-corrected chi connectivity index (χ2v) is 4.57. The molecule has 0 saturated carbocycles. The predicted octanol–water partition coefficient (Wildman–Crippen LogP) is 3.10. The van der Waals surface area contributed by atoms with Crippen LogP contribution in [0.3, 0.4) is 0 Å². The van der Waals surface area contributed by atoms with E-state index in [1.54, 1.807) is 0 Å². The summed E-state index contributed by atoms with van der Waals surface area (Å²) in [6, 6.07) is 4.37. The van der Waals surface area contributed by atoms with Crippen LogP contribution in [0.25, 0.3) is 0 Å². The molecule has 0 fully saturated rings. The first kappa shape index (κ1) is 10.7. The third-order valence-corrected chi connectivity index (χ3v) is 3.64. The average Bonchev–Trinajstić information content (AvgIpc) is 2.65. The van der Waals surface area contributed by atoms with E-state index < -0.39 is 0 Å². The predicted molar refractivity (Wildman–Crippen MR) is 60.4 cm³/mol. The minimum atomic E-state index is 0.680. The van der Waals surface area contributed by atoms with Crippen LogP contribution in [0.2, 0.25) is 0 Å². The molecule has 1 aromatic rings. The van der Waals surface area contributed by atoms with Crippen LogP contribution in [0.1, 0.15) is 31.6 Å². The molecule has 0 radical (unpaired) electrons. The lowest BCUT2D eigenvalue weighted by molar-refractivity contribution is 0.458. The highest BCUT2D eigenvalue weighted by Crippen LogP contribution is 2.27.